The van der Waals surface area contributed by atoms with Gasteiger partial charge in [-0.3, -0.25) is 0 Å². The standard InChI is InChI=1S/C16H22F2/c1-2-3-5-12-8-10-13(11-9-12)14-6-4-7-15(17)16(14)18/h4,6-7,12-13H,2-3,5,8-11H2,1H3. The van der Waals surface area contributed by atoms with Gasteiger partial charge in [-0.15, -0.1) is 0 Å². The molecule has 0 aliphatic heterocycles. The molecule has 2 rings (SSSR count). The molecule has 0 aromatic heterocycles. The predicted octanol–water partition coefficient (Wildman–Crippen LogP) is 5.43. The van der Waals surface area contributed by atoms with E-state index in [0.29, 0.717) is 5.56 Å². The molecule has 1 aromatic carbocycles. The fourth-order valence-corrected chi connectivity index (χ4v) is 3.09. The summed E-state index contributed by atoms with van der Waals surface area (Å²) in [6, 6.07) is 4.57. The molecule has 2 heteroatoms. The number of rotatable bonds is 4. The van der Waals surface area contributed by atoms with Crippen molar-refractivity contribution in [2.45, 2.75) is 57.8 Å². The maximum Gasteiger partial charge on any atom is 0.162 e. The van der Waals surface area contributed by atoms with E-state index >= 15 is 0 Å². The summed E-state index contributed by atoms with van der Waals surface area (Å²) in [6.07, 6.45) is 8.20. The Labute approximate surface area is 108 Å². The molecule has 0 bridgehead atoms. The van der Waals surface area contributed by atoms with Gasteiger partial charge in [0.1, 0.15) is 0 Å². The second-order valence-electron chi connectivity index (χ2n) is 5.50. The van der Waals surface area contributed by atoms with Crippen LogP contribution in [0.5, 0.6) is 0 Å². The van der Waals surface area contributed by atoms with E-state index in [9.17, 15) is 8.78 Å². The zero-order valence-electron chi connectivity index (χ0n) is 11.1. The maximum absolute atomic E-state index is 13.7. The van der Waals surface area contributed by atoms with Crippen LogP contribution in [0, 0.1) is 17.6 Å². The van der Waals surface area contributed by atoms with Gasteiger partial charge in [0, 0.05) is 0 Å². The minimum Gasteiger partial charge on any atom is -0.204 e. The second kappa shape index (κ2) is 6.31. The minimum atomic E-state index is -0.708. The number of benzene rings is 1. The van der Waals surface area contributed by atoms with Crippen LogP contribution in [0.25, 0.3) is 0 Å². The molecule has 0 N–H and O–H groups in total. The van der Waals surface area contributed by atoms with Crippen molar-refractivity contribution >= 4 is 0 Å². The van der Waals surface area contributed by atoms with Gasteiger partial charge in [-0.25, -0.2) is 8.78 Å². The highest BCUT2D eigenvalue weighted by molar-refractivity contribution is 5.23. The first-order valence-corrected chi connectivity index (χ1v) is 7.16. The topological polar surface area (TPSA) is 0 Å². The van der Waals surface area contributed by atoms with E-state index in [1.165, 1.54) is 38.2 Å². The summed E-state index contributed by atoms with van der Waals surface area (Å²) >= 11 is 0. The fraction of sp³-hybridized carbons (Fsp3) is 0.625. The van der Waals surface area contributed by atoms with E-state index in [-0.39, 0.29) is 5.92 Å². The molecule has 100 valence electrons. The monoisotopic (exact) mass is 252 g/mol. The molecule has 0 atom stereocenters. The summed E-state index contributed by atoms with van der Waals surface area (Å²) in [5, 5.41) is 0. The van der Waals surface area contributed by atoms with Gasteiger partial charge in [0.05, 0.1) is 0 Å². The normalized spacial score (nSPS) is 24.2. The molecule has 0 unspecified atom stereocenters. The van der Waals surface area contributed by atoms with E-state index in [2.05, 4.69) is 6.92 Å². The van der Waals surface area contributed by atoms with E-state index in [4.69, 9.17) is 0 Å². The molecule has 0 radical (unpaired) electrons. The molecule has 0 amide bonds. The fourth-order valence-electron chi connectivity index (χ4n) is 3.09. The van der Waals surface area contributed by atoms with Gasteiger partial charge in [-0.2, -0.15) is 0 Å². The van der Waals surface area contributed by atoms with Crippen LogP contribution in [0.15, 0.2) is 18.2 Å². The third-order valence-electron chi connectivity index (χ3n) is 4.23. The van der Waals surface area contributed by atoms with Crippen LogP contribution in [0.4, 0.5) is 8.78 Å². The smallest absolute Gasteiger partial charge is 0.162 e. The number of hydrogen-bond acceptors (Lipinski definition) is 0. The highest BCUT2D eigenvalue weighted by atomic mass is 19.2. The van der Waals surface area contributed by atoms with E-state index in [1.807, 2.05) is 0 Å². The van der Waals surface area contributed by atoms with Gasteiger partial charge in [-0.1, -0.05) is 38.3 Å². The first kappa shape index (κ1) is 13.5. The lowest BCUT2D eigenvalue weighted by Gasteiger charge is -2.29. The Bertz CT molecular complexity index is 379. The molecule has 0 nitrogen and oxygen atoms in total. The minimum absolute atomic E-state index is 0.221. The first-order chi connectivity index (χ1) is 8.72. The van der Waals surface area contributed by atoms with Gasteiger partial charge in [0.25, 0.3) is 0 Å². The van der Waals surface area contributed by atoms with Gasteiger partial charge in [-0.05, 0) is 49.1 Å². The molecule has 0 saturated heterocycles. The van der Waals surface area contributed by atoms with Crippen LogP contribution in [0.1, 0.15) is 63.4 Å². The molecular formula is C16H22F2. The van der Waals surface area contributed by atoms with Crippen molar-refractivity contribution in [2.75, 3.05) is 0 Å². The third kappa shape index (κ3) is 3.09. The highest BCUT2D eigenvalue weighted by Crippen LogP contribution is 2.38. The van der Waals surface area contributed by atoms with Crippen LogP contribution in [-0.4, -0.2) is 0 Å². The zero-order valence-corrected chi connectivity index (χ0v) is 11.1. The lowest BCUT2D eigenvalue weighted by atomic mass is 9.77. The summed E-state index contributed by atoms with van der Waals surface area (Å²) in [7, 11) is 0. The summed E-state index contributed by atoms with van der Waals surface area (Å²) in [5.41, 5.74) is 0.587. The molecule has 1 aromatic rings. The first-order valence-electron chi connectivity index (χ1n) is 7.16. The van der Waals surface area contributed by atoms with Crippen LogP contribution in [0.2, 0.25) is 0 Å². The van der Waals surface area contributed by atoms with Gasteiger partial charge < -0.3 is 0 Å². The summed E-state index contributed by atoms with van der Waals surface area (Å²) in [6.45, 7) is 2.22. The Morgan fingerprint density at radius 1 is 1.11 bits per heavy atom. The lowest BCUT2D eigenvalue weighted by molar-refractivity contribution is 0.299. The van der Waals surface area contributed by atoms with Crippen molar-refractivity contribution in [3.8, 4) is 0 Å². The van der Waals surface area contributed by atoms with E-state index in [0.717, 1.165) is 18.8 Å². The quantitative estimate of drug-likeness (QED) is 0.670. The number of unbranched alkanes of at least 4 members (excludes halogenated alkanes) is 1. The second-order valence-corrected chi connectivity index (χ2v) is 5.50. The Hall–Kier alpha value is -0.920. The predicted molar refractivity (Wildman–Crippen MR) is 70.6 cm³/mol. The zero-order chi connectivity index (χ0) is 13.0. The van der Waals surface area contributed by atoms with Crippen molar-refractivity contribution in [1.82, 2.24) is 0 Å². The van der Waals surface area contributed by atoms with Crippen molar-refractivity contribution in [2.24, 2.45) is 5.92 Å². The third-order valence-corrected chi connectivity index (χ3v) is 4.23. The molecule has 18 heavy (non-hydrogen) atoms. The summed E-state index contributed by atoms with van der Waals surface area (Å²) in [5.74, 6) is -0.313. The van der Waals surface area contributed by atoms with Gasteiger partial charge in [0.2, 0.25) is 0 Å². The van der Waals surface area contributed by atoms with Gasteiger partial charge >= 0.3 is 0 Å². The van der Waals surface area contributed by atoms with Gasteiger partial charge in [0.15, 0.2) is 11.6 Å². The summed E-state index contributed by atoms with van der Waals surface area (Å²) in [4.78, 5) is 0. The van der Waals surface area contributed by atoms with Crippen molar-refractivity contribution in [1.29, 1.82) is 0 Å². The molecule has 1 fully saturated rings. The largest absolute Gasteiger partial charge is 0.204 e. The van der Waals surface area contributed by atoms with Crippen LogP contribution in [-0.2, 0) is 0 Å². The number of halogens is 2. The SMILES string of the molecule is CCCCC1CCC(c2cccc(F)c2F)CC1. The average molecular weight is 252 g/mol. The average Bonchev–Trinajstić information content (AvgIpc) is 2.40. The summed E-state index contributed by atoms with van der Waals surface area (Å²) < 4.78 is 26.9. The van der Waals surface area contributed by atoms with Crippen molar-refractivity contribution < 1.29 is 8.78 Å². The Morgan fingerprint density at radius 2 is 1.83 bits per heavy atom. The van der Waals surface area contributed by atoms with E-state index in [1.54, 1.807) is 12.1 Å². The Kier molecular flexibility index (Phi) is 4.73. The Morgan fingerprint density at radius 3 is 2.50 bits per heavy atom. The van der Waals surface area contributed by atoms with Crippen LogP contribution < -0.4 is 0 Å². The van der Waals surface area contributed by atoms with E-state index < -0.39 is 11.6 Å². The highest BCUT2D eigenvalue weighted by Gasteiger charge is 2.24. The molecular weight excluding hydrogens is 230 g/mol. The molecule has 0 heterocycles. The maximum atomic E-state index is 13.7. The molecule has 1 aliphatic carbocycles. The van der Waals surface area contributed by atoms with Crippen molar-refractivity contribution in [3.05, 3.63) is 35.4 Å². The molecule has 1 aliphatic rings. The number of hydrogen-bond donors (Lipinski definition) is 0. The lowest BCUT2D eigenvalue weighted by Crippen LogP contribution is -2.14. The molecule has 1 saturated carbocycles. The Balaban J connectivity index is 1.95. The molecule has 0 spiro atoms. The van der Waals surface area contributed by atoms with Crippen molar-refractivity contribution in [3.63, 3.8) is 0 Å². The van der Waals surface area contributed by atoms with Crippen LogP contribution in [0.3, 0.4) is 0 Å². The van der Waals surface area contributed by atoms with Crippen LogP contribution >= 0.6 is 0 Å².